The summed E-state index contributed by atoms with van der Waals surface area (Å²) in [5.41, 5.74) is 4.77. The van der Waals surface area contributed by atoms with E-state index >= 15 is 0 Å². The number of hydrogen-bond acceptors (Lipinski definition) is 3. The number of hydrogen-bond donors (Lipinski definition) is 2. The summed E-state index contributed by atoms with van der Waals surface area (Å²) in [6.45, 7) is 0. The monoisotopic (exact) mass is 222 g/mol. The van der Waals surface area contributed by atoms with Crippen LogP contribution in [0.15, 0.2) is 47.3 Å². The number of furan rings is 1. The van der Waals surface area contributed by atoms with Crippen LogP contribution in [0.2, 0.25) is 5.02 Å². The third kappa shape index (κ3) is 2.21. The van der Waals surface area contributed by atoms with Crippen LogP contribution in [0.3, 0.4) is 0 Å². The zero-order valence-electron chi connectivity index (χ0n) is 7.98. The summed E-state index contributed by atoms with van der Waals surface area (Å²) in [6.07, 6.45) is 3.29. The first-order valence-corrected chi connectivity index (χ1v) is 4.93. The summed E-state index contributed by atoms with van der Waals surface area (Å²) in [5.74, 6) is 5.51. The molecule has 1 aromatic carbocycles. The maximum atomic E-state index is 5.81. The standard InChI is InChI=1S/C11H11ClN2O/c12-10-3-1-8(2-4-10)11(14-13)9-5-6-15-7-9/h1-7,11,14H,13H2. The Kier molecular flexibility index (Phi) is 3.06. The molecule has 0 bridgehead atoms. The fourth-order valence-electron chi connectivity index (χ4n) is 1.48. The van der Waals surface area contributed by atoms with Crippen LogP contribution in [0, 0.1) is 0 Å². The molecule has 0 aliphatic carbocycles. The zero-order chi connectivity index (χ0) is 10.7. The number of halogens is 1. The Bertz CT molecular complexity index is 411. The predicted molar refractivity (Wildman–Crippen MR) is 59.3 cm³/mol. The van der Waals surface area contributed by atoms with Crippen LogP contribution in [-0.4, -0.2) is 0 Å². The number of benzene rings is 1. The molecule has 0 aliphatic rings. The summed E-state index contributed by atoms with van der Waals surface area (Å²) < 4.78 is 5.02. The Morgan fingerprint density at radius 1 is 1.13 bits per heavy atom. The van der Waals surface area contributed by atoms with Crippen LogP contribution in [0.4, 0.5) is 0 Å². The molecule has 1 aromatic heterocycles. The van der Waals surface area contributed by atoms with Crippen molar-refractivity contribution >= 4 is 11.6 Å². The Morgan fingerprint density at radius 2 is 1.87 bits per heavy atom. The minimum absolute atomic E-state index is 0.0685. The van der Waals surface area contributed by atoms with Crippen molar-refractivity contribution in [2.24, 2.45) is 5.84 Å². The van der Waals surface area contributed by atoms with Gasteiger partial charge < -0.3 is 4.42 Å². The molecule has 0 radical (unpaired) electrons. The summed E-state index contributed by atoms with van der Waals surface area (Å²) in [4.78, 5) is 0. The van der Waals surface area contributed by atoms with Gasteiger partial charge >= 0.3 is 0 Å². The average Bonchev–Trinajstić information content (AvgIpc) is 2.75. The summed E-state index contributed by atoms with van der Waals surface area (Å²) in [6, 6.07) is 9.34. The molecule has 0 aliphatic heterocycles. The fourth-order valence-corrected chi connectivity index (χ4v) is 1.61. The van der Waals surface area contributed by atoms with Crippen LogP contribution in [-0.2, 0) is 0 Å². The molecule has 2 rings (SSSR count). The Morgan fingerprint density at radius 3 is 2.40 bits per heavy atom. The van der Waals surface area contributed by atoms with Gasteiger partial charge in [-0.2, -0.15) is 0 Å². The molecule has 0 fully saturated rings. The van der Waals surface area contributed by atoms with Crippen LogP contribution < -0.4 is 11.3 Å². The van der Waals surface area contributed by atoms with Gasteiger partial charge in [-0.1, -0.05) is 23.7 Å². The number of hydrazine groups is 1. The van der Waals surface area contributed by atoms with E-state index in [4.69, 9.17) is 21.9 Å². The molecule has 0 amide bonds. The lowest BCUT2D eigenvalue weighted by Crippen LogP contribution is -2.28. The SMILES string of the molecule is NNC(c1ccc(Cl)cc1)c1ccoc1. The first kappa shape index (κ1) is 10.2. The van der Waals surface area contributed by atoms with E-state index < -0.39 is 0 Å². The van der Waals surface area contributed by atoms with Crippen molar-refractivity contribution in [3.63, 3.8) is 0 Å². The van der Waals surface area contributed by atoms with Gasteiger partial charge in [0, 0.05) is 10.6 Å². The third-order valence-corrected chi connectivity index (χ3v) is 2.50. The number of rotatable bonds is 3. The number of nitrogens with one attached hydrogen (secondary N) is 1. The van der Waals surface area contributed by atoms with Gasteiger partial charge in [-0.3, -0.25) is 5.84 Å². The lowest BCUT2D eigenvalue weighted by atomic mass is 10.0. The second-order valence-corrected chi connectivity index (χ2v) is 3.64. The summed E-state index contributed by atoms with van der Waals surface area (Å²) >= 11 is 5.81. The van der Waals surface area contributed by atoms with E-state index in [1.165, 1.54) is 0 Å². The highest BCUT2D eigenvalue weighted by molar-refractivity contribution is 6.30. The highest BCUT2D eigenvalue weighted by Gasteiger charge is 2.12. The van der Waals surface area contributed by atoms with Crippen molar-refractivity contribution < 1.29 is 4.42 Å². The average molecular weight is 223 g/mol. The highest BCUT2D eigenvalue weighted by atomic mass is 35.5. The third-order valence-electron chi connectivity index (χ3n) is 2.25. The van der Waals surface area contributed by atoms with Crippen molar-refractivity contribution in [1.82, 2.24) is 5.43 Å². The molecule has 1 atom stereocenters. The zero-order valence-corrected chi connectivity index (χ0v) is 8.74. The summed E-state index contributed by atoms with van der Waals surface area (Å²) in [5, 5.41) is 0.710. The fraction of sp³-hybridized carbons (Fsp3) is 0.0909. The predicted octanol–water partition coefficient (Wildman–Crippen LogP) is 2.49. The lowest BCUT2D eigenvalue weighted by Gasteiger charge is -2.14. The van der Waals surface area contributed by atoms with Gasteiger partial charge in [-0.05, 0) is 23.8 Å². The topological polar surface area (TPSA) is 51.2 Å². The minimum Gasteiger partial charge on any atom is -0.472 e. The minimum atomic E-state index is -0.0685. The number of nitrogens with two attached hydrogens (primary N) is 1. The normalized spacial score (nSPS) is 12.7. The van der Waals surface area contributed by atoms with E-state index in [0.717, 1.165) is 11.1 Å². The highest BCUT2D eigenvalue weighted by Crippen LogP contribution is 2.22. The van der Waals surface area contributed by atoms with Crippen molar-refractivity contribution in [3.05, 3.63) is 59.0 Å². The van der Waals surface area contributed by atoms with Gasteiger partial charge in [0.15, 0.2) is 0 Å². The van der Waals surface area contributed by atoms with E-state index in [1.807, 2.05) is 30.3 Å². The lowest BCUT2D eigenvalue weighted by molar-refractivity contribution is 0.553. The van der Waals surface area contributed by atoms with E-state index in [9.17, 15) is 0 Å². The molecule has 4 heteroatoms. The Labute approximate surface area is 92.8 Å². The first-order chi connectivity index (χ1) is 7.31. The van der Waals surface area contributed by atoms with Gasteiger partial charge in [-0.15, -0.1) is 0 Å². The Balaban J connectivity index is 2.31. The molecule has 1 heterocycles. The van der Waals surface area contributed by atoms with Crippen molar-refractivity contribution in [2.75, 3.05) is 0 Å². The van der Waals surface area contributed by atoms with Crippen LogP contribution >= 0.6 is 11.6 Å². The summed E-state index contributed by atoms with van der Waals surface area (Å²) in [7, 11) is 0. The van der Waals surface area contributed by atoms with Crippen LogP contribution in [0.1, 0.15) is 17.2 Å². The van der Waals surface area contributed by atoms with Crippen LogP contribution in [0.5, 0.6) is 0 Å². The second kappa shape index (κ2) is 4.49. The molecule has 78 valence electrons. The molecule has 0 saturated carbocycles. The van der Waals surface area contributed by atoms with Crippen molar-refractivity contribution in [2.45, 2.75) is 6.04 Å². The smallest absolute Gasteiger partial charge is 0.0954 e. The molecule has 3 nitrogen and oxygen atoms in total. The van der Waals surface area contributed by atoms with Gasteiger partial charge in [0.2, 0.25) is 0 Å². The molecule has 1 unspecified atom stereocenters. The van der Waals surface area contributed by atoms with E-state index in [1.54, 1.807) is 12.5 Å². The van der Waals surface area contributed by atoms with E-state index in [-0.39, 0.29) is 6.04 Å². The van der Waals surface area contributed by atoms with E-state index in [0.29, 0.717) is 5.02 Å². The van der Waals surface area contributed by atoms with Crippen LogP contribution in [0.25, 0.3) is 0 Å². The van der Waals surface area contributed by atoms with Gasteiger partial charge in [-0.25, -0.2) is 5.43 Å². The molecule has 0 saturated heterocycles. The maximum absolute atomic E-state index is 5.81. The molecular formula is C11H11ClN2O. The maximum Gasteiger partial charge on any atom is 0.0954 e. The van der Waals surface area contributed by atoms with Gasteiger partial charge in [0.05, 0.1) is 18.6 Å². The molecule has 15 heavy (non-hydrogen) atoms. The van der Waals surface area contributed by atoms with Crippen molar-refractivity contribution in [3.8, 4) is 0 Å². The van der Waals surface area contributed by atoms with Crippen molar-refractivity contribution in [1.29, 1.82) is 0 Å². The Hall–Kier alpha value is -1.29. The molecule has 2 aromatic rings. The first-order valence-electron chi connectivity index (χ1n) is 4.55. The second-order valence-electron chi connectivity index (χ2n) is 3.21. The largest absolute Gasteiger partial charge is 0.472 e. The quantitative estimate of drug-likeness (QED) is 0.620. The van der Waals surface area contributed by atoms with Gasteiger partial charge in [0.1, 0.15) is 0 Å². The van der Waals surface area contributed by atoms with Gasteiger partial charge in [0.25, 0.3) is 0 Å². The molecule has 3 N–H and O–H groups in total. The molecular weight excluding hydrogens is 212 g/mol. The van der Waals surface area contributed by atoms with E-state index in [2.05, 4.69) is 5.43 Å². The molecule has 0 spiro atoms.